The number of nitrogens with zero attached hydrogens (tertiary/aromatic N) is 3. The number of nitrogens with one attached hydrogen (secondary N) is 1. The van der Waals surface area contributed by atoms with Crippen molar-refractivity contribution in [2.45, 2.75) is 94.4 Å². The normalized spacial score (nSPS) is 25.9. The van der Waals surface area contributed by atoms with Gasteiger partial charge in [-0.1, -0.05) is 40.9 Å². The summed E-state index contributed by atoms with van der Waals surface area (Å²) in [5.41, 5.74) is 0.495. The molecule has 0 aromatic heterocycles. The Labute approximate surface area is 299 Å². The van der Waals surface area contributed by atoms with E-state index in [1.165, 1.54) is 0 Å². The molecule has 2 N–H and O–H groups in total. The summed E-state index contributed by atoms with van der Waals surface area (Å²) < 4.78 is 12.5. The van der Waals surface area contributed by atoms with Gasteiger partial charge in [-0.2, -0.15) is 0 Å². The summed E-state index contributed by atoms with van der Waals surface area (Å²) in [5, 5.41) is 12.0. The van der Waals surface area contributed by atoms with Crippen molar-refractivity contribution in [2.75, 3.05) is 49.1 Å². The zero-order valence-electron chi connectivity index (χ0n) is 29.2. The molecule has 12 heteroatoms. The number of ether oxygens (including phenoxy) is 2. The zero-order valence-corrected chi connectivity index (χ0v) is 30.7. The van der Waals surface area contributed by atoms with Gasteiger partial charge in [0.05, 0.1) is 24.5 Å². The number of fused-ring (bicyclic) bond motifs is 1. The fourth-order valence-electron chi connectivity index (χ4n) is 7.60. The Kier molecular flexibility index (Phi) is 13.9. The minimum Gasteiger partial charge on any atom is -0.460 e. The number of hydrogen-bond acceptors (Lipinski definition) is 8. The number of esters is 1. The lowest BCUT2D eigenvalue weighted by molar-refractivity contribution is -0.159. The third kappa shape index (κ3) is 8.23. The molecule has 49 heavy (non-hydrogen) atoms. The smallest absolute Gasteiger partial charge is 0.312 e. The molecule has 3 fully saturated rings. The number of anilines is 2. The Morgan fingerprint density at radius 1 is 1.12 bits per heavy atom. The predicted molar refractivity (Wildman–Crippen MR) is 194 cm³/mol. The highest BCUT2D eigenvalue weighted by atomic mass is 79.9. The van der Waals surface area contributed by atoms with Crippen LogP contribution in [0.1, 0.15) is 65.7 Å². The topological polar surface area (TPSA) is 129 Å². The van der Waals surface area contributed by atoms with E-state index in [0.717, 1.165) is 31.6 Å². The summed E-state index contributed by atoms with van der Waals surface area (Å²) in [6.07, 6.45) is 6.14. The maximum atomic E-state index is 14.9. The van der Waals surface area contributed by atoms with Crippen LogP contribution < -0.4 is 15.1 Å². The lowest BCUT2D eigenvalue weighted by Gasteiger charge is -2.37. The van der Waals surface area contributed by atoms with Crippen LogP contribution in [0.3, 0.4) is 0 Å². The van der Waals surface area contributed by atoms with Crippen LogP contribution in [-0.4, -0.2) is 102 Å². The quantitative estimate of drug-likeness (QED) is 0.0873. The molecule has 1 spiro atoms. The molecule has 11 nitrogen and oxygen atoms in total. The Morgan fingerprint density at radius 2 is 1.80 bits per heavy atom. The van der Waals surface area contributed by atoms with Gasteiger partial charge in [-0.3, -0.25) is 19.2 Å². The fraction of sp³-hybridized carbons (Fsp3) is 0.622. The molecule has 1 unspecified atom stereocenters. The van der Waals surface area contributed by atoms with Crippen LogP contribution >= 0.6 is 15.9 Å². The molecule has 3 amide bonds. The summed E-state index contributed by atoms with van der Waals surface area (Å²) in [5.74, 6) is -3.13. The highest BCUT2D eigenvalue weighted by Gasteiger charge is 2.77. The molecule has 7 atom stereocenters. The Balaban J connectivity index is 1.63. The number of likely N-dealkylation sites (tertiary alicyclic amines) is 1. The highest BCUT2D eigenvalue weighted by molar-refractivity contribution is 9.09. The van der Waals surface area contributed by atoms with Crippen LogP contribution in [0.5, 0.6) is 0 Å². The third-order valence-electron chi connectivity index (χ3n) is 9.95. The molecule has 3 aliphatic rings. The van der Waals surface area contributed by atoms with E-state index < -0.39 is 41.7 Å². The number of aliphatic hydroxyl groups excluding tert-OH is 1. The Hall–Kier alpha value is -3.22. The molecular formula is C37H53BrN4O7. The number of carbonyl (C=O) groups excluding carboxylic acids is 4. The van der Waals surface area contributed by atoms with Crippen LogP contribution in [0.2, 0.25) is 0 Å². The van der Waals surface area contributed by atoms with E-state index in [2.05, 4.69) is 53.2 Å². The van der Waals surface area contributed by atoms with Crippen molar-refractivity contribution in [1.29, 1.82) is 0 Å². The lowest BCUT2D eigenvalue weighted by Crippen LogP contribution is -2.57. The number of allylic oxidation sites excluding steroid dienone is 1. The molecule has 0 saturated carbocycles. The summed E-state index contributed by atoms with van der Waals surface area (Å²) >= 11 is 3.72. The van der Waals surface area contributed by atoms with E-state index in [4.69, 9.17) is 9.47 Å². The molecule has 3 saturated heterocycles. The second kappa shape index (κ2) is 17.6. The van der Waals surface area contributed by atoms with Crippen LogP contribution in [0.4, 0.5) is 11.4 Å². The lowest BCUT2D eigenvalue weighted by atomic mass is 9.70. The number of carbonyl (C=O) groups is 4. The van der Waals surface area contributed by atoms with Crippen molar-refractivity contribution in [3.05, 3.63) is 49.6 Å². The molecule has 1 aromatic rings. The molecule has 0 aliphatic carbocycles. The predicted octanol–water partition coefficient (Wildman–Crippen LogP) is 4.37. The summed E-state index contributed by atoms with van der Waals surface area (Å²) in [6.45, 7) is 15.9. The van der Waals surface area contributed by atoms with E-state index >= 15 is 0 Å². The van der Waals surface area contributed by atoms with E-state index in [0.29, 0.717) is 44.3 Å². The zero-order chi connectivity index (χ0) is 35.7. The second-order valence-electron chi connectivity index (χ2n) is 13.1. The number of amides is 3. The average molecular weight is 746 g/mol. The second-order valence-corrected chi connectivity index (χ2v) is 14.3. The maximum absolute atomic E-state index is 14.9. The van der Waals surface area contributed by atoms with Crippen molar-refractivity contribution in [2.24, 2.45) is 11.8 Å². The molecule has 2 bridgehead atoms. The van der Waals surface area contributed by atoms with Gasteiger partial charge in [-0.25, -0.2) is 0 Å². The summed E-state index contributed by atoms with van der Waals surface area (Å²) in [6, 6.07) is 6.85. The van der Waals surface area contributed by atoms with E-state index in [1.54, 1.807) is 28.9 Å². The summed E-state index contributed by atoms with van der Waals surface area (Å²) in [4.78, 5) is 60.5. The van der Waals surface area contributed by atoms with Gasteiger partial charge in [-0.05, 0) is 70.7 Å². The number of rotatable bonds is 20. The van der Waals surface area contributed by atoms with Crippen LogP contribution in [0, 0.1) is 11.8 Å². The van der Waals surface area contributed by atoms with Crippen molar-refractivity contribution < 1.29 is 33.8 Å². The van der Waals surface area contributed by atoms with Crippen molar-refractivity contribution in [1.82, 2.24) is 10.2 Å². The number of unbranched alkanes of at least 4 members (excludes halogenated alkanes) is 3. The van der Waals surface area contributed by atoms with Crippen LogP contribution in [0.25, 0.3) is 0 Å². The van der Waals surface area contributed by atoms with Crippen LogP contribution in [-0.2, 0) is 28.7 Å². The molecule has 3 aliphatic heterocycles. The molecule has 4 rings (SSSR count). The third-order valence-corrected chi connectivity index (χ3v) is 10.8. The number of benzene rings is 1. The average Bonchev–Trinajstić information content (AvgIpc) is 3.68. The molecule has 1 aromatic carbocycles. The Morgan fingerprint density at radius 3 is 2.43 bits per heavy atom. The van der Waals surface area contributed by atoms with Crippen molar-refractivity contribution in [3.63, 3.8) is 0 Å². The number of aliphatic hydroxyl groups is 1. The van der Waals surface area contributed by atoms with Gasteiger partial charge in [-0.15, -0.1) is 13.2 Å². The van der Waals surface area contributed by atoms with Crippen molar-refractivity contribution >= 4 is 51.0 Å². The number of alkyl halides is 1. The Bertz CT molecular complexity index is 1340. The minimum absolute atomic E-state index is 0.0983. The highest BCUT2D eigenvalue weighted by Crippen LogP contribution is 2.60. The maximum Gasteiger partial charge on any atom is 0.312 e. The molecule has 270 valence electrons. The SMILES string of the molecule is C=CCCC(=O)NC[C@@H](C)OC(=O)[C@@H]1[C@H]2O[C@@]3(CC2Br)[C@H](C(=O)N(CC=C)c2ccc(N(CC)CC)cc2)N(CCCCCCO)C(=O)[C@@H]13. The number of hydrogen-bond donors (Lipinski definition) is 2. The van der Waals surface area contributed by atoms with Gasteiger partial charge in [0.2, 0.25) is 11.8 Å². The monoisotopic (exact) mass is 744 g/mol. The van der Waals surface area contributed by atoms with Gasteiger partial charge < -0.3 is 34.6 Å². The first-order chi connectivity index (χ1) is 23.6. The molecule has 0 radical (unpaired) electrons. The van der Waals surface area contributed by atoms with E-state index in [1.807, 2.05) is 24.3 Å². The van der Waals surface area contributed by atoms with Gasteiger partial charge in [0.1, 0.15) is 17.7 Å². The first-order valence-electron chi connectivity index (χ1n) is 17.7. The largest absolute Gasteiger partial charge is 0.460 e. The number of halogens is 1. The van der Waals surface area contributed by atoms with E-state index in [9.17, 15) is 24.3 Å². The molecule has 3 heterocycles. The van der Waals surface area contributed by atoms with Gasteiger partial charge in [0, 0.05) is 55.4 Å². The first kappa shape index (κ1) is 38.6. The van der Waals surface area contributed by atoms with Crippen molar-refractivity contribution in [3.8, 4) is 0 Å². The van der Waals surface area contributed by atoms with Gasteiger partial charge >= 0.3 is 5.97 Å². The molecular weight excluding hydrogens is 692 g/mol. The standard InChI is InChI=1S/C37H53BrN4O7/c1-6-10-15-29(44)39-24-25(5)48-36(47)30-31-34(45)42(21-13-11-12-14-22-43)33(37(31)23-28(38)32(30)49-37)35(46)41(20-7-2)27-18-16-26(17-19-27)40(8-3)9-4/h6-7,16-19,25,28,30-33,43H,1-2,8-15,20-24H2,3-5H3,(H,39,44)/t25-,28?,30+,31-,32+,33+,37-/m1/s1. The van der Waals surface area contributed by atoms with E-state index in [-0.39, 0.29) is 42.2 Å². The van der Waals surface area contributed by atoms with Gasteiger partial charge in [0.25, 0.3) is 5.91 Å². The van der Waals surface area contributed by atoms with Gasteiger partial charge in [0.15, 0.2) is 0 Å². The van der Waals surface area contributed by atoms with Crippen LogP contribution in [0.15, 0.2) is 49.6 Å². The minimum atomic E-state index is -1.23. The summed E-state index contributed by atoms with van der Waals surface area (Å²) in [7, 11) is 0. The first-order valence-corrected chi connectivity index (χ1v) is 18.6. The fourth-order valence-corrected chi connectivity index (χ4v) is 8.54.